The molecule has 1 heterocycles. The first kappa shape index (κ1) is 8.95. The van der Waals surface area contributed by atoms with Gasteiger partial charge >= 0.3 is 4.87 Å². The Morgan fingerprint density at radius 1 is 1.83 bits per heavy atom. The second kappa shape index (κ2) is 3.51. The van der Waals surface area contributed by atoms with Crippen molar-refractivity contribution in [2.45, 2.75) is 13.5 Å². The molecule has 12 heavy (non-hydrogen) atoms. The van der Waals surface area contributed by atoms with Gasteiger partial charge in [-0.1, -0.05) is 11.3 Å². The Kier molecular flexibility index (Phi) is 2.61. The number of nitrogens with one attached hydrogen (secondary N) is 1. The molecule has 0 aliphatic rings. The largest absolute Gasteiger partial charge is 0.307 e. The van der Waals surface area contributed by atoms with Crippen molar-refractivity contribution in [3.05, 3.63) is 20.7 Å². The lowest BCUT2D eigenvalue weighted by molar-refractivity contribution is -0.121. The zero-order chi connectivity index (χ0) is 9.14. The summed E-state index contributed by atoms with van der Waals surface area (Å²) < 4.78 is 1.37. The van der Waals surface area contributed by atoms with Gasteiger partial charge in [0.25, 0.3) is 5.91 Å². The minimum Gasteiger partial charge on any atom is -0.294 e. The van der Waals surface area contributed by atoms with Crippen molar-refractivity contribution in [1.82, 2.24) is 9.99 Å². The molecule has 1 amide bonds. The topological polar surface area (TPSA) is 77.1 Å². The lowest BCUT2D eigenvalue weighted by atomic mass is 10.5. The molecule has 0 radical (unpaired) electrons. The van der Waals surface area contributed by atoms with E-state index in [1.165, 1.54) is 4.57 Å². The van der Waals surface area contributed by atoms with Crippen LogP contribution in [0.5, 0.6) is 0 Å². The normalized spacial score (nSPS) is 9.83. The highest BCUT2D eigenvalue weighted by Crippen LogP contribution is 1.98. The van der Waals surface area contributed by atoms with Gasteiger partial charge in [-0.3, -0.25) is 19.6 Å². The lowest BCUT2D eigenvalue weighted by Crippen LogP contribution is -2.35. The van der Waals surface area contributed by atoms with E-state index in [9.17, 15) is 9.59 Å². The van der Waals surface area contributed by atoms with Crippen LogP contribution < -0.4 is 16.1 Å². The maximum atomic E-state index is 11.1. The number of nitrogens with zero attached hydrogens (tertiary/aromatic N) is 1. The lowest BCUT2D eigenvalue weighted by Gasteiger charge is -2.01. The van der Waals surface area contributed by atoms with Crippen molar-refractivity contribution in [2.75, 3.05) is 0 Å². The molecule has 0 unspecified atom stereocenters. The number of carbonyl (C=O) groups excluding carboxylic acids is 1. The maximum Gasteiger partial charge on any atom is 0.307 e. The van der Waals surface area contributed by atoms with Crippen molar-refractivity contribution in [1.29, 1.82) is 0 Å². The zero-order valence-corrected chi connectivity index (χ0v) is 7.35. The van der Waals surface area contributed by atoms with E-state index in [1.807, 2.05) is 5.43 Å². The summed E-state index contributed by atoms with van der Waals surface area (Å²) in [5.41, 5.74) is 2.74. The van der Waals surface area contributed by atoms with Crippen LogP contribution in [0, 0.1) is 6.92 Å². The second-order valence-electron chi connectivity index (χ2n) is 2.30. The van der Waals surface area contributed by atoms with Crippen molar-refractivity contribution < 1.29 is 4.79 Å². The molecule has 0 spiro atoms. The number of aromatic nitrogens is 1. The van der Waals surface area contributed by atoms with Crippen molar-refractivity contribution in [3.63, 3.8) is 0 Å². The van der Waals surface area contributed by atoms with Crippen LogP contribution in [0.15, 0.2) is 10.2 Å². The van der Waals surface area contributed by atoms with Gasteiger partial charge in [-0.2, -0.15) is 0 Å². The Morgan fingerprint density at radius 3 is 2.92 bits per heavy atom. The van der Waals surface area contributed by atoms with Gasteiger partial charge in [0.2, 0.25) is 0 Å². The molecule has 5 nitrogen and oxygen atoms in total. The van der Waals surface area contributed by atoms with E-state index in [0.717, 1.165) is 17.0 Å². The van der Waals surface area contributed by atoms with Crippen LogP contribution in [-0.2, 0) is 11.3 Å². The third-order valence-electron chi connectivity index (χ3n) is 1.44. The van der Waals surface area contributed by atoms with Gasteiger partial charge in [0.1, 0.15) is 6.54 Å². The molecule has 1 aromatic heterocycles. The Morgan fingerprint density at radius 2 is 2.50 bits per heavy atom. The summed E-state index contributed by atoms with van der Waals surface area (Å²) in [6.45, 7) is 1.76. The SMILES string of the molecule is Cc1csc(=O)n1CC(=O)NN. The first-order valence-corrected chi connectivity index (χ1v) is 4.17. The molecule has 6 heteroatoms. The van der Waals surface area contributed by atoms with Gasteiger partial charge in [-0.25, -0.2) is 5.84 Å². The summed E-state index contributed by atoms with van der Waals surface area (Å²) in [7, 11) is 0. The van der Waals surface area contributed by atoms with Gasteiger partial charge < -0.3 is 0 Å². The molecule has 0 aromatic carbocycles. The summed E-state index contributed by atoms with van der Waals surface area (Å²) in [6.07, 6.45) is 0. The minimum atomic E-state index is -0.376. The molecule has 0 aliphatic carbocycles. The highest BCUT2D eigenvalue weighted by molar-refractivity contribution is 7.07. The summed E-state index contributed by atoms with van der Waals surface area (Å²) in [5.74, 6) is 4.50. The molecular weight excluding hydrogens is 178 g/mol. The number of hydrazine groups is 1. The third kappa shape index (κ3) is 1.72. The Bertz CT molecular complexity index is 341. The molecule has 0 saturated carbocycles. The molecule has 1 rings (SSSR count). The molecule has 0 saturated heterocycles. The fourth-order valence-electron chi connectivity index (χ4n) is 0.785. The number of hydrogen-bond donors (Lipinski definition) is 2. The first-order chi connectivity index (χ1) is 5.65. The molecule has 0 atom stereocenters. The van der Waals surface area contributed by atoms with E-state index in [0.29, 0.717) is 0 Å². The molecular formula is C6H9N3O2S. The van der Waals surface area contributed by atoms with Gasteiger partial charge in [0, 0.05) is 11.1 Å². The van der Waals surface area contributed by atoms with E-state index < -0.39 is 0 Å². The monoisotopic (exact) mass is 187 g/mol. The number of thiazole rings is 1. The van der Waals surface area contributed by atoms with Gasteiger partial charge in [-0.05, 0) is 6.92 Å². The highest BCUT2D eigenvalue weighted by Gasteiger charge is 2.05. The number of hydrogen-bond acceptors (Lipinski definition) is 4. The number of rotatable bonds is 2. The number of amides is 1. The molecule has 3 N–H and O–H groups in total. The van der Waals surface area contributed by atoms with Crippen molar-refractivity contribution >= 4 is 17.2 Å². The van der Waals surface area contributed by atoms with Crippen LogP contribution >= 0.6 is 11.3 Å². The van der Waals surface area contributed by atoms with Crippen molar-refractivity contribution in [2.24, 2.45) is 5.84 Å². The quantitative estimate of drug-likeness (QED) is 0.362. The fraction of sp³-hybridized carbons (Fsp3) is 0.333. The zero-order valence-electron chi connectivity index (χ0n) is 6.53. The molecule has 0 bridgehead atoms. The van der Waals surface area contributed by atoms with Gasteiger partial charge in [0.05, 0.1) is 0 Å². The molecule has 0 aliphatic heterocycles. The maximum absolute atomic E-state index is 11.1. The van der Waals surface area contributed by atoms with Gasteiger partial charge in [-0.15, -0.1) is 0 Å². The highest BCUT2D eigenvalue weighted by atomic mass is 32.1. The average Bonchev–Trinajstić information content (AvgIpc) is 2.35. The van der Waals surface area contributed by atoms with Crippen molar-refractivity contribution in [3.8, 4) is 0 Å². The Balaban J connectivity index is 2.88. The summed E-state index contributed by atoms with van der Waals surface area (Å²) >= 11 is 1.07. The second-order valence-corrected chi connectivity index (χ2v) is 3.12. The van der Waals surface area contributed by atoms with E-state index in [1.54, 1.807) is 12.3 Å². The standard InChI is InChI=1S/C6H9N3O2S/c1-4-3-12-6(11)9(4)2-5(10)8-7/h3H,2,7H2,1H3,(H,8,10). The Labute approximate surface area is 72.8 Å². The summed E-state index contributed by atoms with van der Waals surface area (Å²) in [5, 5.41) is 1.70. The van der Waals surface area contributed by atoms with Gasteiger partial charge in [0.15, 0.2) is 0 Å². The van der Waals surface area contributed by atoms with Crippen LogP contribution in [0.2, 0.25) is 0 Å². The van der Waals surface area contributed by atoms with Crippen LogP contribution in [0.1, 0.15) is 5.69 Å². The third-order valence-corrected chi connectivity index (χ3v) is 2.32. The number of nitrogens with two attached hydrogens (primary N) is 1. The average molecular weight is 187 g/mol. The van der Waals surface area contributed by atoms with Crippen LogP contribution in [0.4, 0.5) is 0 Å². The van der Waals surface area contributed by atoms with Crippen LogP contribution in [0.25, 0.3) is 0 Å². The number of aryl methyl sites for hydroxylation is 1. The molecule has 1 aromatic rings. The first-order valence-electron chi connectivity index (χ1n) is 3.29. The van der Waals surface area contributed by atoms with E-state index >= 15 is 0 Å². The predicted molar refractivity (Wildman–Crippen MR) is 45.6 cm³/mol. The van der Waals surface area contributed by atoms with Crippen LogP contribution in [0.3, 0.4) is 0 Å². The van der Waals surface area contributed by atoms with Crippen LogP contribution in [-0.4, -0.2) is 10.5 Å². The summed E-state index contributed by atoms with van der Waals surface area (Å²) in [4.78, 5) is 21.7. The molecule has 66 valence electrons. The van der Waals surface area contributed by atoms with E-state index in [2.05, 4.69) is 0 Å². The van der Waals surface area contributed by atoms with E-state index in [4.69, 9.17) is 5.84 Å². The Hall–Kier alpha value is -1.14. The number of carbonyl (C=O) groups is 1. The van der Waals surface area contributed by atoms with E-state index in [-0.39, 0.29) is 17.3 Å². The fourth-order valence-corrected chi connectivity index (χ4v) is 1.52. The smallest absolute Gasteiger partial charge is 0.294 e. The molecule has 0 fully saturated rings. The predicted octanol–water partition coefficient (Wildman–Crippen LogP) is -0.792. The summed E-state index contributed by atoms with van der Waals surface area (Å²) in [6, 6.07) is 0. The minimum absolute atomic E-state index is 0.00926.